The molecule has 2 N–H and O–H groups in total. The Morgan fingerprint density at radius 1 is 1.24 bits per heavy atom. The van der Waals surface area contributed by atoms with Crippen LogP contribution in [0.5, 0.6) is 0 Å². The summed E-state index contributed by atoms with van der Waals surface area (Å²) in [6.07, 6.45) is -0.487. The highest BCUT2D eigenvalue weighted by Gasteiger charge is 2.26. The molecule has 0 bridgehead atoms. The second-order valence-electron chi connectivity index (χ2n) is 9.29. The molecule has 2 heterocycles. The van der Waals surface area contributed by atoms with Crippen LogP contribution in [0.2, 0.25) is 0 Å². The molecule has 180 valence electrons. The number of piperidine rings is 1. The van der Waals surface area contributed by atoms with Crippen LogP contribution in [0.1, 0.15) is 64.5 Å². The number of aryl methyl sites for hydroxylation is 2. The van der Waals surface area contributed by atoms with Gasteiger partial charge in [0.1, 0.15) is 0 Å². The number of para-hydroxylation sites is 1. The first-order valence-electron chi connectivity index (χ1n) is 11.7. The lowest BCUT2D eigenvalue weighted by Crippen LogP contribution is -2.37. The first-order valence-corrected chi connectivity index (χ1v) is 11.7. The molecule has 1 aromatic heterocycles. The Hall–Kier alpha value is -3.06. The average Bonchev–Trinajstić information content (AvgIpc) is 2.78. The average molecular weight is 468 g/mol. The van der Waals surface area contributed by atoms with E-state index >= 15 is 0 Å². The van der Waals surface area contributed by atoms with Gasteiger partial charge in [-0.05, 0) is 87.0 Å². The molecular formula is C27H31F2N3O2. The summed E-state index contributed by atoms with van der Waals surface area (Å²) in [5.74, 6) is -0.816. The molecule has 1 saturated heterocycles. The van der Waals surface area contributed by atoms with Gasteiger partial charge < -0.3 is 10.4 Å². The van der Waals surface area contributed by atoms with E-state index < -0.39 is 12.4 Å². The van der Waals surface area contributed by atoms with Gasteiger partial charge >= 0.3 is 5.97 Å². The fourth-order valence-electron chi connectivity index (χ4n) is 5.11. The van der Waals surface area contributed by atoms with Crippen molar-refractivity contribution in [1.82, 2.24) is 9.88 Å². The van der Waals surface area contributed by atoms with Crippen LogP contribution < -0.4 is 5.32 Å². The van der Waals surface area contributed by atoms with Crippen LogP contribution in [0.3, 0.4) is 0 Å². The van der Waals surface area contributed by atoms with Crippen molar-refractivity contribution in [2.24, 2.45) is 0 Å². The van der Waals surface area contributed by atoms with E-state index in [1.54, 1.807) is 18.2 Å². The number of carboxylic acids is 1. The smallest absolute Gasteiger partial charge is 0.337 e. The van der Waals surface area contributed by atoms with E-state index in [4.69, 9.17) is 4.98 Å². The molecule has 0 saturated carbocycles. The van der Waals surface area contributed by atoms with Crippen LogP contribution in [0.4, 0.5) is 14.5 Å². The van der Waals surface area contributed by atoms with Crippen LogP contribution in [0.15, 0.2) is 42.5 Å². The van der Waals surface area contributed by atoms with E-state index in [9.17, 15) is 18.7 Å². The van der Waals surface area contributed by atoms with Gasteiger partial charge in [0.2, 0.25) is 0 Å². The Labute approximate surface area is 198 Å². The van der Waals surface area contributed by atoms with Gasteiger partial charge in [0.05, 0.1) is 17.6 Å². The number of aromatic carboxylic acids is 1. The van der Waals surface area contributed by atoms with Crippen molar-refractivity contribution < 1.29 is 18.7 Å². The lowest BCUT2D eigenvalue weighted by atomic mass is 9.87. The third kappa shape index (κ3) is 5.20. The number of hydrogen-bond acceptors (Lipinski definition) is 4. The molecule has 2 aromatic carbocycles. The number of rotatable bonds is 7. The minimum Gasteiger partial charge on any atom is -0.478 e. The third-order valence-electron chi connectivity index (χ3n) is 6.68. The highest BCUT2D eigenvalue weighted by Crippen LogP contribution is 2.34. The number of halogens is 2. The molecule has 34 heavy (non-hydrogen) atoms. The first-order chi connectivity index (χ1) is 16.2. The number of carbonyl (C=O) groups is 1. The van der Waals surface area contributed by atoms with Crippen LogP contribution in [-0.4, -0.2) is 47.0 Å². The van der Waals surface area contributed by atoms with Gasteiger partial charge in [0.25, 0.3) is 6.43 Å². The molecule has 1 fully saturated rings. The van der Waals surface area contributed by atoms with Crippen molar-refractivity contribution >= 4 is 22.6 Å². The van der Waals surface area contributed by atoms with E-state index in [1.807, 2.05) is 31.7 Å². The molecular weight excluding hydrogens is 436 g/mol. The van der Waals surface area contributed by atoms with Crippen molar-refractivity contribution in [3.05, 3.63) is 70.4 Å². The number of nitrogens with one attached hydrogen (secondary N) is 1. The summed E-state index contributed by atoms with van der Waals surface area (Å²) in [5.41, 5.74) is 5.82. The standard InChI is InChI=1S/C27H31F2N3O2/c1-16-11-22(18(3)30-24-9-5-4-8-20(24)27(33)34)23-13-21(17(2)31-25(23)12-16)19-7-6-10-32(14-19)15-26(28)29/h4-5,8-9,11-13,18-19,26,30H,6-7,10,14-15H2,1-3H3,(H,33,34). The minimum atomic E-state index is -2.33. The molecule has 2 atom stereocenters. The topological polar surface area (TPSA) is 65.5 Å². The van der Waals surface area contributed by atoms with Crippen LogP contribution in [-0.2, 0) is 0 Å². The van der Waals surface area contributed by atoms with Crippen LogP contribution >= 0.6 is 0 Å². The SMILES string of the molecule is Cc1cc(C(C)Nc2ccccc2C(=O)O)c2cc(C3CCCN(CC(F)F)C3)c(C)nc2c1. The quantitative estimate of drug-likeness (QED) is 0.435. The van der Waals surface area contributed by atoms with E-state index in [1.165, 1.54) is 0 Å². The molecule has 3 aromatic rings. The monoisotopic (exact) mass is 467 g/mol. The molecule has 2 unspecified atom stereocenters. The lowest BCUT2D eigenvalue weighted by molar-refractivity contribution is 0.0697. The van der Waals surface area contributed by atoms with E-state index in [0.717, 1.165) is 46.1 Å². The molecule has 0 spiro atoms. The predicted octanol–water partition coefficient (Wildman–Crippen LogP) is 6.17. The summed E-state index contributed by atoms with van der Waals surface area (Å²) in [5, 5.41) is 13.9. The predicted molar refractivity (Wildman–Crippen MR) is 131 cm³/mol. The van der Waals surface area contributed by atoms with Gasteiger partial charge in [-0.3, -0.25) is 9.88 Å². The van der Waals surface area contributed by atoms with E-state index in [2.05, 4.69) is 23.5 Å². The molecule has 0 radical (unpaired) electrons. The Morgan fingerprint density at radius 2 is 2.00 bits per heavy atom. The van der Waals surface area contributed by atoms with Gasteiger partial charge in [-0.1, -0.05) is 18.2 Å². The summed E-state index contributed by atoms with van der Waals surface area (Å²) in [6, 6.07) is 13.0. The molecule has 4 rings (SSSR count). The summed E-state index contributed by atoms with van der Waals surface area (Å²) in [6.45, 7) is 7.15. The largest absolute Gasteiger partial charge is 0.478 e. The minimum absolute atomic E-state index is 0.162. The number of likely N-dealkylation sites (tertiary alicyclic amines) is 1. The number of pyridine rings is 1. The number of nitrogens with zero attached hydrogens (tertiary/aromatic N) is 2. The molecule has 5 nitrogen and oxygen atoms in total. The normalized spacial score (nSPS) is 17.8. The summed E-state index contributed by atoms with van der Waals surface area (Å²) >= 11 is 0. The zero-order valence-electron chi connectivity index (χ0n) is 19.8. The Bertz CT molecular complexity index is 1200. The van der Waals surface area contributed by atoms with Gasteiger partial charge in [0.15, 0.2) is 0 Å². The maximum Gasteiger partial charge on any atom is 0.337 e. The number of benzene rings is 2. The molecule has 0 aliphatic carbocycles. The van der Waals surface area contributed by atoms with Crippen LogP contribution in [0, 0.1) is 13.8 Å². The van der Waals surface area contributed by atoms with Gasteiger partial charge in [-0.2, -0.15) is 0 Å². The molecule has 1 aliphatic rings. The Balaban J connectivity index is 1.71. The maximum absolute atomic E-state index is 13.0. The Morgan fingerprint density at radius 3 is 2.74 bits per heavy atom. The van der Waals surface area contributed by atoms with E-state index in [0.29, 0.717) is 18.8 Å². The van der Waals surface area contributed by atoms with Gasteiger partial charge in [-0.15, -0.1) is 0 Å². The zero-order valence-corrected chi connectivity index (χ0v) is 19.8. The van der Waals surface area contributed by atoms with Crippen molar-refractivity contribution in [3.63, 3.8) is 0 Å². The number of aromatic nitrogens is 1. The fourth-order valence-corrected chi connectivity index (χ4v) is 5.11. The number of anilines is 1. The maximum atomic E-state index is 13.0. The van der Waals surface area contributed by atoms with Crippen LogP contribution in [0.25, 0.3) is 10.9 Å². The third-order valence-corrected chi connectivity index (χ3v) is 6.68. The van der Waals surface area contributed by atoms with Crippen molar-refractivity contribution in [1.29, 1.82) is 0 Å². The second kappa shape index (κ2) is 10.1. The Kier molecular flexibility index (Phi) is 7.12. The number of alkyl halides is 2. The summed E-state index contributed by atoms with van der Waals surface area (Å²) < 4.78 is 26.0. The number of hydrogen-bond donors (Lipinski definition) is 2. The lowest BCUT2D eigenvalue weighted by Gasteiger charge is -2.33. The van der Waals surface area contributed by atoms with Gasteiger partial charge in [-0.25, -0.2) is 13.6 Å². The summed E-state index contributed by atoms with van der Waals surface area (Å²) in [4.78, 5) is 18.4. The number of fused-ring (bicyclic) bond motifs is 1. The first kappa shape index (κ1) is 24.1. The van der Waals surface area contributed by atoms with E-state index in [-0.39, 0.29) is 24.1 Å². The van der Waals surface area contributed by atoms with Crippen molar-refractivity contribution in [2.75, 3.05) is 25.0 Å². The van der Waals surface area contributed by atoms with Gasteiger partial charge in [0, 0.05) is 29.4 Å². The van der Waals surface area contributed by atoms with Crippen molar-refractivity contribution in [3.8, 4) is 0 Å². The molecule has 0 amide bonds. The molecule has 7 heteroatoms. The summed E-state index contributed by atoms with van der Waals surface area (Å²) in [7, 11) is 0. The fraction of sp³-hybridized carbons (Fsp3) is 0.407. The van der Waals surface area contributed by atoms with Crippen molar-refractivity contribution in [2.45, 2.75) is 52.0 Å². The highest BCUT2D eigenvalue weighted by molar-refractivity contribution is 5.94. The number of carboxylic acid groups (broad SMARTS) is 1. The highest BCUT2D eigenvalue weighted by atomic mass is 19.3. The molecule has 1 aliphatic heterocycles. The second-order valence-corrected chi connectivity index (χ2v) is 9.29. The zero-order chi connectivity index (χ0) is 24.4.